The predicted octanol–water partition coefficient (Wildman–Crippen LogP) is 4.89. The van der Waals surface area contributed by atoms with Gasteiger partial charge in [0.25, 0.3) is 6.47 Å². The minimum atomic E-state index is -0.367. The van der Waals surface area contributed by atoms with Crippen LogP contribution in [0.25, 0.3) is 0 Å². The molecule has 0 aliphatic heterocycles. The summed E-state index contributed by atoms with van der Waals surface area (Å²) in [6.07, 6.45) is 1.65. The Balaban J connectivity index is 1.61. The van der Waals surface area contributed by atoms with Crippen LogP contribution in [0.3, 0.4) is 0 Å². The molecule has 3 rings (SSSR count). The van der Waals surface area contributed by atoms with E-state index < -0.39 is 0 Å². The Hall–Kier alpha value is -3.80. The number of ether oxygens (including phenoxy) is 4. The molecule has 0 N–H and O–H groups in total. The monoisotopic (exact) mass is 448 g/mol. The average Bonchev–Trinajstić information content (AvgIpc) is 2.81. The Morgan fingerprint density at radius 2 is 1.18 bits per heavy atom. The quantitative estimate of drug-likeness (QED) is 0.180. The van der Waals surface area contributed by atoms with Gasteiger partial charge >= 0.3 is 5.97 Å². The van der Waals surface area contributed by atoms with Crippen LogP contribution >= 0.6 is 0 Å². The Bertz CT molecular complexity index is 1070. The largest absolute Gasteiger partial charge is 0.457 e. The molecule has 0 fully saturated rings. The third-order valence-corrected chi connectivity index (χ3v) is 5.50. The van der Waals surface area contributed by atoms with Crippen molar-refractivity contribution in [2.24, 2.45) is 0 Å². The van der Waals surface area contributed by atoms with E-state index in [1.807, 2.05) is 48.5 Å². The summed E-state index contributed by atoms with van der Waals surface area (Å²) in [5, 5.41) is 0. The summed E-state index contributed by atoms with van der Waals surface area (Å²) < 4.78 is 20.1. The summed E-state index contributed by atoms with van der Waals surface area (Å²) >= 11 is 0. The minimum absolute atomic E-state index is 0.0845. The number of carbonyl (C=O) groups is 2. The molecule has 0 bridgehead atoms. The number of esters is 1. The molecule has 0 amide bonds. The second-order valence-corrected chi connectivity index (χ2v) is 7.70. The van der Waals surface area contributed by atoms with Gasteiger partial charge in [0, 0.05) is 6.92 Å². The van der Waals surface area contributed by atoms with Gasteiger partial charge in [-0.3, -0.25) is 9.59 Å². The highest BCUT2D eigenvalue weighted by Crippen LogP contribution is 2.24. The van der Waals surface area contributed by atoms with Crippen molar-refractivity contribution in [2.45, 2.75) is 33.6 Å². The van der Waals surface area contributed by atoms with Crippen LogP contribution in [0, 0.1) is 13.8 Å². The lowest BCUT2D eigenvalue weighted by Crippen LogP contribution is -2.06. The molecule has 0 heterocycles. The molecule has 0 aromatic heterocycles. The van der Waals surface area contributed by atoms with Gasteiger partial charge in [-0.1, -0.05) is 36.4 Å². The summed E-state index contributed by atoms with van der Waals surface area (Å²) in [5.41, 5.74) is 7.49. The van der Waals surface area contributed by atoms with Gasteiger partial charge in [-0.15, -0.1) is 0 Å². The lowest BCUT2D eigenvalue weighted by atomic mass is 9.91. The van der Waals surface area contributed by atoms with Crippen LogP contribution in [0.2, 0.25) is 0 Å². The fraction of sp³-hybridized carbons (Fsp3) is 0.259. The van der Waals surface area contributed by atoms with Crippen molar-refractivity contribution in [3.8, 4) is 11.5 Å². The number of hydrogen-bond donors (Lipinski definition) is 0. The van der Waals surface area contributed by atoms with E-state index in [1.54, 1.807) is 0 Å². The van der Waals surface area contributed by atoms with E-state index >= 15 is 0 Å². The third kappa shape index (κ3) is 7.10. The maximum absolute atomic E-state index is 10.8. The summed E-state index contributed by atoms with van der Waals surface area (Å²) in [4.78, 5) is 21.0. The molecule has 3 aromatic carbocycles. The molecule has 33 heavy (non-hydrogen) atoms. The molecule has 6 heteroatoms. The third-order valence-electron chi connectivity index (χ3n) is 5.50. The molecular formula is C27H28O6. The van der Waals surface area contributed by atoms with E-state index in [1.165, 1.54) is 40.3 Å². The van der Waals surface area contributed by atoms with E-state index in [2.05, 4.69) is 30.7 Å². The molecule has 0 spiro atoms. The molecule has 0 saturated carbocycles. The van der Waals surface area contributed by atoms with Gasteiger partial charge in [-0.2, -0.15) is 0 Å². The summed E-state index contributed by atoms with van der Waals surface area (Å²) in [6, 6.07) is 20.0. The lowest BCUT2D eigenvalue weighted by Gasteiger charge is -2.15. The number of benzene rings is 3. The molecule has 0 atom stereocenters. The summed E-state index contributed by atoms with van der Waals surface area (Å²) in [5.74, 6) is 0.954. The summed E-state index contributed by atoms with van der Waals surface area (Å²) in [7, 11) is 0. The van der Waals surface area contributed by atoms with Gasteiger partial charge in [0.2, 0.25) is 13.6 Å². The van der Waals surface area contributed by atoms with Gasteiger partial charge in [0.1, 0.15) is 11.5 Å². The van der Waals surface area contributed by atoms with Gasteiger partial charge < -0.3 is 18.9 Å². The maximum atomic E-state index is 10.8. The normalized spacial score (nSPS) is 10.4. The Morgan fingerprint density at radius 3 is 1.61 bits per heavy atom. The number of rotatable bonds is 11. The zero-order valence-corrected chi connectivity index (χ0v) is 19.1. The van der Waals surface area contributed by atoms with E-state index in [-0.39, 0.29) is 19.6 Å². The maximum Gasteiger partial charge on any atom is 0.305 e. The smallest absolute Gasteiger partial charge is 0.305 e. The minimum Gasteiger partial charge on any atom is -0.457 e. The van der Waals surface area contributed by atoms with Crippen molar-refractivity contribution in [3.63, 3.8) is 0 Å². The van der Waals surface area contributed by atoms with Crippen LogP contribution in [-0.2, 0) is 31.9 Å². The molecule has 172 valence electrons. The topological polar surface area (TPSA) is 71.1 Å². The van der Waals surface area contributed by atoms with E-state index in [0.29, 0.717) is 18.0 Å². The molecule has 0 saturated heterocycles. The Morgan fingerprint density at radius 1 is 0.727 bits per heavy atom. The highest BCUT2D eigenvalue weighted by atomic mass is 16.7. The molecule has 3 aromatic rings. The van der Waals surface area contributed by atoms with Crippen LogP contribution < -0.4 is 9.47 Å². The zero-order chi connectivity index (χ0) is 23.6. The first-order valence-electron chi connectivity index (χ1n) is 10.7. The molecule has 0 radical (unpaired) electrons. The van der Waals surface area contributed by atoms with Gasteiger partial charge in [0.15, 0.2) is 0 Å². The van der Waals surface area contributed by atoms with E-state index in [0.717, 1.165) is 12.8 Å². The standard InChI is InChI=1S/C27H28O6/c1-19-20(2)25(15-23-6-12-27(13-7-23)33-18-31-21(3)29)9-8-24(19)14-22-4-10-26(11-5-22)32-17-30-16-28/h4-13,16H,14-15,17-18H2,1-3H3. The van der Waals surface area contributed by atoms with Crippen LogP contribution in [0.1, 0.15) is 40.3 Å². The average molecular weight is 449 g/mol. The van der Waals surface area contributed by atoms with Crippen molar-refractivity contribution in [1.82, 2.24) is 0 Å². The highest BCUT2D eigenvalue weighted by Gasteiger charge is 2.09. The van der Waals surface area contributed by atoms with E-state index in [9.17, 15) is 9.59 Å². The van der Waals surface area contributed by atoms with Crippen LogP contribution in [-0.4, -0.2) is 26.0 Å². The number of carbonyl (C=O) groups excluding carboxylic acids is 2. The Labute approximate surface area is 194 Å². The highest BCUT2D eigenvalue weighted by molar-refractivity contribution is 5.65. The van der Waals surface area contributed by atoms with Gasteiger partial charge in [0.05, 0.1) is 0 Å². The van der Waals surface area contributed by atoms with Crippen LogP contribution in [0.4, 0.5) is 0 Å². The second-order valence-electron chi connectivity index (χ2n) is 7.70. The molecule has 0 aliphatic carbocycles. The van der Waals surface area contributed by atoms with Crippen molar-refractivity contribution in [2.75, 3.05) is 13.6 Å². The first kappa shape index (κ1) is 23.9. The second kappa shape index (κ2) is 11.7. The fourth-order valence-corrected chi connectivity index (χ4v) is 3.47. The van der Waals surface area contributed by atoms with Gasteiger partial charge in [-0.25, -0.2) is 0 Å². The number of hydrogen-bond acceptors (Lipinski definition) is 6. The predicted molar refractivity (Wildman–Crippen MR) is 124 cm³/mol. The SMILES string of the molecule is CC(=O)OCOc1ccc(Cc2ccc(Cc3ccc(OCOC=O)cc3)c(C)c2C)cc1. The fourth-order valence-electron chi connectivity index (χ4n) is 3.47. The van der Waals surface area contributed by atoms with Gasteiger partial charge in [-0.05, 0) is 84.3 Å². The first-order valence-corrected chi connectivity index (χ1v) is 10.7. The first-order chi connectivity index (χ1) is 16.0. The van der Waals surface area contributed by atoms with E-state index in [4.69, 9.17) is 14.2 Å². The van der Waals surface area contributed by atoms with Crippen molar-refractivity contribution >= 4 is 12.4 Å². The summed E-state index contributed by atoms with van der Waals surface area (Å²) in [6.45, 7) is 5.86. The lowest BCUT2D eigenvalue weighted by molar-refractivity contribution is -0.147. The molecule has 0 aliphatic rings. The zero-order valence-electron chi connectivity index (χ0n) is 19.1. The van der Waals surface area contributed by atoms with Crippen molar-refractivity contribution < 1.29 is 28.5 Å². The molecule has 0 unspecified atom stereocenters. The van der Waals surface area contributed by atoms with Crippen LogP contribution in [0.5, 0.6) is 11.5 Å². The van der Waals surface area contributed by atoms with Crippen molar-refractivity contribution in [3.05, 3.63) is 94.0 Å². The Kier molecular flexibility index (Phi) is 8.47. The van der Waals surface area contributed by atoms with Crippen LogP contribution in [0.15, 0.2) is 60.7 Å². The molecular weight excluding hydrogens is 420 g/mol. The molecule has 6 nitrogen and oxygen atoms in total. The van der Waals surface area contributed by atoms with Crippen molar-refractivity contribution in [1.29, 1.82) is 0 Å².